The topological polar surface area (TPSA) is 195 Å². The van der Waals surface area contributed by atoms with Crippen LogP contribution in [0.2, 0.25) is 0 Å². The second-order valence-electron chi connectivity index (χ2n) is 21.3. The number of aromatic nitrogens is 5. The standard InChI is InChI=1S/C57H65FN10O6S/c1-6-34-8-7-9-38-22-41(69)23-43(49(34)38)51-50(58)52-44(26-59-51)54(67-27-39-14-15-40(28-67)62-39)64-57(63-52)73-21-20-66-18-16-36(17-19-66)45-25-47(74-65-45)48(31(2)3)56(72)68-29-42(70)24-46(68)55(71)61-32(4)35-10-12-37(13-11-35)53-33(5)60-30-75-53/h7-13,22-23,25-26,30-32,36,39-40,42,46,48,62,69-70H,6,14-21,24,27-29H2,1-5H3,(H,61,71)/t32-,39?,40?,42+,46-,48+/m0/s1. The summed E-state index contributed by atoms with van der Waals surface area (Å²) >= 11 is 1.59. The zero-order valence-electron chi connectivity index (χ0n) is 43.1. The predicted molar refractivity (Wildman–Crippen MR) is 286 cm³/mol. The highest BCUT2D eigenvalue weighted by Crippen LogP contribution is 2.40. The summed E-state index contributed by atoms with van der Waals surface area (Å²) in [5, 5.41) is 35.0. The van der Waals surface area contributed by atoms with E-state index in [2.05, 4.69) is 37.5 Å². The first kappa shape index (κ1) is 50.6. The van der Waals surface area contributed by atoms with E-state index >= 15 is 4.39 Å². The average Bonchev–Trinajstić information content (AvgIpc) is 4.23. The molecular weight excluding hydrogens is 972 g/mol. The quantitative estimate of drug-likeness (QED) is 0.0764. The first-order chi connectivity index (χ1) is 36.3. The number of benzene rings is 3. The number of pyridine rings is 1. The van der Waals surface area contributed by atoms with E-state index in [9.17, 15) is 19.8 Å². The van der Waals surface area contributed by atoms with Crippen LogP contribution in [0.1, 0.15) is 106 Å². The summed E-state index contributed by atoms with van der Waals surface area (Å²) in [4.78, 5) is 54.2. The molecule has 2 unspecified atom stereocenters. The summed E-state index contributed by atoms with van der Waals surface area (Å²) in [5.41, 5.74) is 7.36. The van der Waals surface area contributed by atoms with Gasteiger partial charge in [0, 0.05) is 68.4 Å². The molecule has 2 amide bonds. The molecule has 4 aliphatic heterocycles. The molecular formula is C57H65FN10O6S. The van der Waals surface area contributed by atoms with Gasteiger partial charge in [0.05, 0.1) is 39.3 Å². The number of phenols is 1. The lowest BCUT2D eigenvalue weighted by Crippen LogP contribution is -2.51. The van der Waals surface area contributed by atoms with Gasteiger partial charge in [0.1, 0.15) is 47.1 Å². The Morgan fingerprint density at radius 2 is 1.76 bits per heavy atom. The highest BCUT2D eigenvalue weighted by Gasteiger charge is 2.44. The zero-order chi connectivity index (χ0) is 52.1. The van der Waals surface area contributed by atoms with Crippen LogP contribution in [0.25, 0.3) is 43.4 Å². The molecule has 7 aromatic rings. The van der Waals surface area contributed by atoms with Crippen LogP contribution in [0.3, 0.4) is 0 Å². The molecule has 2 bridgehead atoms. The van der Waals surface area contributed by atoms with Gasteiger partial charge in [0.25, 0.3) is 0 Å². The van der Waals surface area contributed by atoms with E-state index in [4.69, 9.17) is 24.2 Å². The lowest BCUT2D eigenvalue weighted by molar-refractivity contribution is -0.141. The average molecular weight is 1040 g/mol. The van der Waals surface area contributed by atoms with Crippen molar-refractivity contribution in [2.75, 3.05) is 50.8 Å². The fourth-order valence-corrected chi connectivity index (χ4v) is 12.7. The van der Waals surface area contributed by atoms with Gasteiger partial charge >= 0.3 is 6.01 Å². The van der Waals surface area contributed by atoms with Crippen molar-refractivity contribution in [3.63, 3.8) is 0 Å². The van der Waals surface area contributed by atoms with Gasteiger partial charge in [0.15, 0.2) is 5.82 Å². The maximum absolute atomic E-state index is 17.1. The molecule has 6 atom stereocenters. The normalized spacial score (nSPS) is 21.1. The van der Waals surface area contributed by atoms with E-state index in [1.807, 2.05) is 81.7 Å². The van der Waals surface area contributed by atoms with Gasteiger partial charge < -0.3 is 39.9 Å². The van der Waals surface area contributed by atoms with Crippen LogP contribution in [-0.4, -0.2) is 127 Å². The Morgan fingerprint density at radius 3 is 2.48 bits per heavy atom. The Morgan fingerprint density at radius 1 is 0.987 bits per heavy atom. The van der Waals surface area contributed by atoms with Crippen molar-refractivity contribution in [3.8, 4) is 33.5 Å². The SMILES string of the molecule is CCc1cccc2cc(O)cc(-c3ncc4c(N5CC6CCC(C5)N6)nc(OCCN5CCC(c6cc([C@H](C(=O)N7C[C@H](O)C[C@H]7C(=O)N[C@@H](C)c7ccc(-c8scnc8C)cc7)C(C)C)on6)CC5)nc4c3F)c12. The fourth-order valence-electron chi connectivity index (χ4n) is 11.9. The largest absolute Gasteiger partial charge is 0.508 e. The number of aliphatic hydroxyl groups excluding tert-OH is 1. The van der Waals surface area contributed by atoms with Gasteiger partial charge in [-0.05, 0) is 105 Å². The van der Waals surface area contributed by atoms with Gasteiger partial charge in [-0.1, -0.05) is 68.4 Å². The minimum atomic E-state index is -0.833. The number of thiazole rings is 1. The van der Waals surface area contributed by atoms with Crippen LogP contribution >= 0.6 is 11.3 Å². The molecule has 4 aliphatic rings. The first-order valence-electron chi connectivity index (χ1n) is 26.5. The molecule has 4 fully saturated rings. The third-order valence-electron chi connectivity index (χ3n) is 15.9. The maximum atomic E-state index is 17.1. The lowest BCUT2D eigenvalue weighted by Gasteiger charge is -2.34. The van der Waals surface area contributed by atoms with Crippen LogP contribution in [-0.2, 0) is 16.0 Å². The zero-order valence-corrected chi connectivity index (χ0v) is 43.9. The molecule has 16 nitrogen and oxygen atoms in total. The van der Waals surface area contributed by atoms with E-state index in [0.29, 0.717) is 41.2 Å². The molecule has 0 saturated carbocycles. The van der Waals surface area contributed by atoms with Crippen molar-refractivity contribution in [1.29, 1.82) is 0 Å². The number of rotatable bonds is 15. The highest BCUT2D eigenvalue weighted by atomic mass is 32.1. The van der Waals surface area contributed by atoms with Gasteiger partial charge in [-0.25, -0.2) is 9.37 Å². The van der Waals surface area contributed by atoms with E-state index < -0.39 is 23.9 Å². The predicted octanol–water partition coefficient (Wildman–Crippen LogP) is 8.45. The number of carbonyl (C=O) groups is 2. The summed E-state index contributed by atoms with van der Waals surface area (Å²) in [6.07, 6.45) is 5.46. The van der Waals surface area contributed by atoms with Crippen LogP contribution < -0.4 is 20.3 Å². The number of nitrogens with one attached hydrogen (secondary N) is 2. The summed E-state index contributed by atoms with van der Waals surface area (Å²) in [6.45, 7) is 13.8. The van der Waals surface area contributed by atoms with Crippen molar-refractivity contribution < 1.29 is 33.5 Å². The number of phenolic OH excluding ortho intramolecular Hbond substituents is 1. The molecule has 11 rings (SSSR count). The van der Waals surface area contributed by atoms with Crippen LogP contribution in [0.15, 0.2) is 76.9 Å². The number of likely N-dealkylation sites (tertiary alicyclic amines) is 2. The number of aliphatic hydroxyl groups is 1. The third-order valence-corrected chi connectivity index (χ3v) is 16.9. The summed E-state index contributed by atoms with van der Waals surface area (Å²) < 4.78 is 29.4. The number of carbonyl (C=O) groups excluding carboxylic acids is 2. The molecule has 18 heteroatoms. The summed E-state index contributed by atoms with van der Waals surface area (Å²) in [7, 11) is 0. The Bertz CT molecular complexity index is 3220. The number of β-amino-alcohol motifs (C(OH)–C–C–N with tert-alkyl or cyclic N) is 1. The number of anilines is 1. The molecule has 3 aromatic carbocycles. The van der Waals surface area contributed by atoms with Gasteiger partial charge in [-0.2, -0.15) is 9.97 Å². The van der Waals surface area contributed by atoms with Gasteiger partial charge in [-0.15, -0.1) is 11.3 Å². The molecule has 392 valence electrons. The van der Waals surface area contributed by atoms with E-state index in [0.717, 1.165) is 102 Å². The molecule has 75 heavy (non-hydrogen) atoms. The van der Waals surface area contributed by atoms with E-state index in [1.165, 1.54) is 4.90 Å². The highest BCUT2D eigenvalue weighted by molar-refractivity contribution is 7.13. The van der Waals surface area contributed by atoms with E-state index in [-0.39, 0.29) is 72.2 Å². The number of piperidine rings is 1. The number of hydrogen-bond donors (Lipinski definition) is 4. The molecule has 4 saturated heterocycles. The molecule has 0 aliphatic carbocycles. The summed E-state index contributed by atoms with van der Waals surface area (Å²) in [5.74, 6) is -0.837. The van der Waals surface area contributed by atoms with Gasteiger partial charge in [0.2, 0.25) is 11.8 Å². The Kier molecular flexibility index (Phi) is 14.3. The second-order valence-corrected chi connectivity index (χ2v) is 22.1. The molecule has 8 heterocycles. The number of fused-ring (bicyclic) bond motifs is 4. The van der Waals surface area contributed by atoms with Crippen molar-refractivity contribution in [3.05, 3.63) is 106 Å². The maximum Gasteiger partial charge on any atom is 0.319 e. The van der Waals surface area contributed by atoms with Crippen molar-refractivity contribution >= 4 is 50.6 Å². The minimum Gasteiger partial charge on any atom is -0.508 e. The number of aryl methyl sites for hydroxylation is 2. The monoisotopic (exact) mass is 1040 g/mol. The number of ether oxygens (including phenoxy) is 1. The fraction of sp³-hybridized carbons (Fsp3) is 0.456. The Labute approximate surface area is 439 Å². The number of halogens is 1. The molecule has 4 N–H and O–H groups in total. The first-order valence-corrected chi connectivity index (χ1v) is 27.4. The van der Waals surface area contributed by atoms with Crippen molar-refractivity contribution in [2.45, 2.75) is 115 Å². The molecule has 4 aromatic heterocycles. The number of amides is 2. The second kappa shape index (κ2) is 21.2. The number of piperazine rings is 1. The van der Waals surface area contributed by atoms with Crippen LogP contribution in [0, 0.1) is 18.7 Å². The number of nitrogens with zero attached hydrogens (tertiary/aromatic N) is 8. The molecule has 0 radical (unpaired) electrons. The smallest absolute Gasteiger partial charge is 0.319 e. The Balaban J connectivity index is 0.741. The van der Waals surface area contributed by atoms with Crippen LogP contribution in [0.4, 0.5) is 10.2 Å². The number of aromatic hydroxyl groups is 1. The van der Waals surface area contributed by atoms with Gasteiger partial charge in [-0.3, -0.25) is 19.5 Å². The van der Waals surface area contributed by atoms with E-state index in [1.54, 1.807) is 29.7 Å². The molecule has 0 spiro atoms. The van der Waals surface area contributed by atoms with Crippen molar-refractivity contribution in [2.24, 2.45) is 5.92 Å². The van der Waals surface area contributed by atoms with Crippen molar-refractivity contribution in [1.82, 2.24) is 45.5 Å². The number of hydrogen-bond acceptors (Lipinski definition) is 15. The lowest BCUT2D eigenvalue weighted by atomic mass is 9.89. The third kappa shape index (κ3) is 10.2. The summed E-state index contributed by atoms with van der Waals surface area (Å²) in [6, 6.07) is 18.7. The minimum absolute atomic E-state index is 0.0293. The Hall–Kier alpha value is -6.60. The van der Waals surface area contributed by atoms with Crippen LogP contribution in [0.5, 0.6) is 11.8 Å².